The van der Waals surface area contributed by atoms with E-state index in [1.807, 2.05) is 19.1 Å². The minimum absolute atomic E-state index is 0.120. The molecule has 0 heterocycles. The lowest BCUT2D eigenvalue weighted by molar-refractivity contribution is -0.118. The first-order valence-corrected chi connectivity index (χ1v) is 7.71. The average molecular weight is 328 g/mol. The second-order valence-electron chi connectivity index (χ2n) is 5.97. The van der Waals surface area contributed by atoms with Gasteiger partial charge < -0.3 is 10.6 Å². The summed E-state index contributed by atoms with van der Waals surface area (Å²) >= 11 is 0. The molecule has 126 valence electrons. The first-order chi connectivity index (χ1) is 11.3. The highest BCUT2D eigenvalue weighted by molar-refractivity contribution is 5.95. The molecule has 1 atom stereocenters. The number of halogens is 1. The largest absolute Gasteiger partial charge is 0.370 e. The Hall–Kier alpha value is -2.69. The highest BCUT2D eigenvalue weighted by Gasteiger charge is 2.19. The normalized spacial score (nSPS) is 11.8. The number of benzene rings is 2. The first-order valence-electron chi connectivity index (χ1n) is 7.71. The SMILES string of the molecule is Cc1cc(F)ccc1-c1ccc(C(=O)N(C)[C@H](C)CC(N)=O)cc1. The van der Waals surface area contributed by atoms with Crippen LogP contribution >= 0.6 is 0 Å². The molecule has 0 radical (unpaired) electrons. The molecule has 0 saturated carbocycles. The molecule has 5 heteroatoms. The minimum Gasteiger partial charge on any atom is -0.370 e. The molecule has 4 nitrogen and oxygen atoms in total. The van der Waals surface area contributed by atoms with E-state index in [4.69, 9.17) is 5.73 Å². The van der Waals surface area contributed by atoms with E-state index in [2.05, 4.69) is 0 Å². The molecule has 0 spiro atoms. The number of primary amides is 1. The van der Waals surface area contributed by atoms with Gasteiger partial charge in [-0.05, 0) is 54.8 Å². The Bertz CT molecular complexity index is 756. The molecule has 0 unspecified atom stereocenters. The topological polar surface area (TPSA) is 63.4 Å². The van der Waals surface area contributed by atoms with Gasteiger partial charge in [0.1, 0.15) is 5.82 Å². The smallest absolute Gasteiger partial charge is 0.253 e. The van der Waals surface area contributed by atoms with Crippen LogP contribution in [0.5, 0.6) is 0 Å². The van der Waals surface area contributed by atoms with Crippen molar-refractivity contribution in [2.75, 3.05) is 7.05 Å². The number of rotatable bonds is 5. The van der Waals surface area contributed by atoms with E-state index in [0.29, 0.717) is 5.56 Å². The molecule has 0 saturated heterocycles. The summed E-state index contributed by atoms with van der Waals surface area (Å²) in [7, 11) is 1.65. The molecular weight excluding hydrogens is 307 g/mol. The van der Waals surface area contributed by atoms with E-state index >= 15 is 0 Å². The average Bonchev–Trinajstić information content (AvgIpc) is 2.53. The highest BCUT2D eigenvalue weighted by Crippen LogP contribution is 2.24. The van der Waals surface area contributed by atoms with E-state index in [-0.39, 0.29) is 24.2 Å². The van der Waals surface area contributed by atoms with Crippen LogP contribution in [-0.4, -0.2) is 29.8 Å². The summed E-state index contributed by atoms with van der Waals surface area (Å²) in [5.74, 6) is -0.886. The van der Waals surface area contributed by atoms with Crippen LogP contribution in [0.15, 0.2) is 42.5 Å². The lowest BCUT2D eigenvalue weighted by Gasteiger charge is -2.24. The van der Waals surface area contributed by atoms with Crippen LogP contribution in [0.3, 0.4) is 0 Å². The Balaban J connectivity index is 2.19. The van der Waals surface area contributed by atoms with Crippen molar-refractivity contribution in [3.05, 3.63) is 59.4 Å². The zero-order valence-electron chi connectivity index (χ0n) is 14.0. The van der Waals surface area contributed by atoms with Gasteiger partial charge in [-0.3, -0.25) is 9.59 Å². The van der Waals surface area contributed by atoms with Gasteiger partial charge in [0.25, 0.3) is 5.91 Å². The lowest BCUT2D eigenvalue weighted by atomic mass is 9.99. The maximum atomic E-state index is 13.2. The molecule has 24 heavy (non-hydrogen) atoms. The van der Waals surface area contributed by atoms with Gasteiger partial charge in [-0.2, -0.15) is 0 Å². The van der Waals surface area contributed by atoms with Crippen LogP contribution in [0.25, 0.3) is 11.1 Å². The fraction of sp³-hybridized carbons (Fsp3) is 0.263. The van der Waals surface area contributed by atoms with E-state index in [1.54, 1.807) is 32.2 Å². The highest BCUT2D eigenvalue weighted by atomic mass is 19.1. The van der Waals surface area contributed by atoms with Crippen LogP contribution in [0.2, 0.25) is 0 Å². The van der Waals surface area contributed by atoms with Crippen LogP contribution in [0.4, 0.5) is 4.39 Å². The summed E-state index contributed by atoms with van der Waals surface area (Å²) < 4.78 is 13.2. The molecule has 0 aromatic heterocycles. The Morgan fingerprint density at radius 2 is 1.79 bits per heavy atom. The predicted octanol–water partition coefficient (Wildman–Crippen LogP) is 3.14. The third kappa shape index (κ3) is 3.98. The number of hydrogen-bond acceptors (Lipinski definition) is 2. The number of carbonyl (C=O) groups excluding carboxylic acids is 2. The van der Waals surface area contributed by atoms with Gasteiger partial charge in [0, 0.05) is 25.1 Å². The quantitative estimate of drug-likeness (QED) is 0.916. The summed E-state index contributed by atoms with van der Waals surface area (Å²) in [6.45, 7) is 3.62. The third-order valence-corrected chi connectivity index (χ3v) is 4.11. The Labute approximate surface area is 141 Å². The molecular formula is C19H21FN2O2. The summed E-state index contributed by atoms with van der Waals surface area (Å²) in [4.78, 5) is 24.9. The molecule has 2 amide bonds. The van der Waals surface area contributed by atoms with Crippen molar-refractivity contribution in [1.82, 2.24) is 4.90 Å². The van der Waals surface area contributed by atoms with Gasteiger partial charge in [0.05, 0.1) is 0 Å². The van der Waals surface area contributed by atoms with E-state index in [1.165, 1.54) is 17.0 Å². The van der Waals surface area contributed by atoms with Gasteiger partial charge in [-0.15, -0.1) is 0 Å². The molecule has 0 fully saturated rings. The predicted molar refractivity (Wildman–Crippen MR) is 91.9 cm³/mol. The van der Waals surface area contributed by atoms with Crippen LogP contribution in [-0.2, 0) is 4.79 Å². The molecule has 2 aromatic carbocycles. The Morgan fingerprint density at radius 1 is 1.17 bits per heavy atom. The van der Waals surface area contributed by atoms with E-state index in [0.717, 1.165) is 16.7 Å². The Morgan fingerprint density at radius 3 is 2.33 bits per heavy atom. The van der Waals surface area contributed by atoms with Crippen LogP contribution in [0, 0.1) is 12.7 Å². The van der Waals surface area contributed by atoms with Crippen molar-refractivity contribution < 1.29 is 14.0 Å². The summed E-state index contributed by atoms with van der Waals surface area (Å²) in [6.07, 6.45) is 0.120. The number of nitrogens with two attached hydrogens (primary N) is 1. The molecule has 2 aromatic rings. The van der Waals surface area contributed by atoms with Gasteiger partial charge in [-0.1, -0.05) is 18.2 Å². The number of amides is 2. The molecule has 0 aliphatic carbocycles. The van der Waals surface area contributed by atoms with E-state index < -0.39 is 5.91 Å². The number of aryl methyl sites for hydroxylation is 1. The molecule has 2 N–H and O–H groups in total. The summed E-state index contributed by atoms with van der Waals surface area (Å²) in [5.41, 5.74) is 8.37. The standard InChI is InChI=1S/C19H21FN2O2/c1-12-10-16(20)8-9-17(12)14-4-6-15(7-5-14)19(24)22(3)13(2)11-18(21)23/h4-10,13H,11H2,1-3H3,(H2,21,23)/t13-/m1/s1. The lowest BCUT2D eigenvalue weighted by Crippen LogP contribution is -2.37. The van der Waals surface area contributed by atoms with Crippen molar-refractivity contribution in [2.45, 2.75) is 26.3 Å². The molecule has 0 aliphatic heterocycles. The second-order valence-corrected chi connectivity index (χ2v) is 5.97. The van der Waals surface area contributed by atoms with Crippen molar-refractivity contribution >= 4 is 11.8 Å². The van der Waals surface area contributed by atoms with Gasteiger partial charge in [0.15, 0.2) is 0 Å². The van der Waals surface area contributed by atoms with E-state index in [9.17, 15) is 14.0 Å². The van der Waals surface area contributed by atoms with Crippen molar-refractivity contribution in [3.63, 3.8) is 0 Å². The number of nitrogens with zero attached hydrogens (tertiary/aromatic N) is 1. The Kier molecular flexibility index (Phi) is 5.34. The maximum Gasteiger partial charge on any atom is 0.253 e. The van der Waals surface area contributed by atoms with Gasteiger partial charge in [-0.25, -0.2) is 4.39 Å². The minimum atomic E-state index is -0.440. The fourth-order valence-electron chi connectivity index (χ4n) is 2.58. The van der Waals surface area contributed by atoms with Crippen LogP contribution < -0.4 is 5.73 Å². The molecule has 2 rings (SSSR count). The zero-order chi connectivity index (χ0) is 17.9. The van der Waals surface area contributed by atoms with Crippen molar-refractivity contribution in [1.29, 1.82) is 0 Å². The van der Waals surface area contributed by atoms with Gasteiger partial charge in [0.2, 0.25) is 5.91 Å². The van der Waals surface area contributed by atoms with Crippen molar-refractivity contribution in [2.24, 2.45) is 5.73 Å². The number of hydrogen-bond donors (Lipinski definition) is 1. The second kappa shape index (κ2) is 7.25. The fourth-order valence-corrected chi connectivity index (χ4v) is 2.58. The summed E-state index contributed by atoms with van der Waals surface area (Å²) in [5, 5.41) is 0. The third-order valence-electron chi connectivity index (χ3n) is 4.11. The summed E-state index contributed by atoms with van der Waals surface area (Å²) in [6, 6.07) is 11.5. The number of carbonyl (C=O) groups is 2. The molecule has 0 bridgehead atoms. The van der Waals surface area contributed by atoms with Gasteiger partial charge >= 0.3 is 0 Å². The molecule has 0 aliphatic rings. The maximum absolute atomic E-state index is 13.2. The monoisotopic (exact) mass is 328 g/mol. The van der Waals surface area contributed by atoms with Crippen molar-refractivity contribution in [3.8, 4) is 11.1 Å². The first kappa shape index (κ1) is 17.7. The van der Waals surface area contributed by atoms with Crippen LogP contribution in [0.1, 0.15) is 29.3 Å². The zero-order valence-corrected chi connectivity index (χ0v) is 14.0.